The summed E-state index contributed by atoms with van der Waals surface area (Å²) in [4.78, 5) is 5.95. The molecule has 6 heteroatoms. The van der Waals surface area contributed by atoms with Crippen LogP contribution in [0.1, 0.15) is 16.7 Å². The molecule has 0 radical (unpaired) electrons. The van der Waals surface area contributed by atoms with Crippen LogP contribution in [-0.4, -0.2) is 12.0 Å². The molecular weight excluding hydrogens is 351 g/mol. The first-order chi connectivity index (χ1) is 12.9. The van der Waals surface area contributed by atoms with Gasteiger partial charge in [-0.2, -0.15) is 18.4 Å². The highest BCUT2D eigenvalue weighted by Gasteiger charge is 2.36. The normalized spacial score (nSPS) is 11.1. The van der Waals surface area contributed by atoms with Crippen molar-refractivity contribution in [1.29, 1.82) is 5.26 Å². The topological polar surface area (TPSA) is 39.9 Å². The van der Waals surface area contributed by atoms with Crippen LogP contribution in [0.15, 0.2) is 66.7 Å². The number of pyridine rings is 1. The van der Waals surface area contributed by atoms with Crippen molar-refractivity contribution in [2.45, 2.75) is 12.7 Å². The summed E-state index contributed by atoms with van der Waals surface area (Å²) in [6.45, 7) is 0.331. The molecule has 0 fully saturated rings. The lowest BCUT2D eigenvalue weighted by atomic mass is 10.0. The standard InChI is InChI=1S/C21H16F3N3/c1-27(14-15-8-4-2-5-9-15)20-17(13-25)18(21(22,23)24)12-19(26-20)16-10-6-3-7-11-16/h2-12H,14H2,1H3. The number of alkyl halides is 3. The highest BCUT2D eigenvalue weighted by Crippen LogP contribution is 2.37. The molecule has 2 aromatic carbocycles. The highest BCUT2D eigenvalue weighted by atomic mass is 19.4. The Bertz CT molecular complexity index is 962. The average Bonchev–Trinajstić information content (AvgIpc) is 2.67. The number of hydrogen-bond donors (Lipinski definition) is 0. The van der Waals surface area contributed by atoms with Crippen molar-refractivity contribution in [1.82, 2.24) is 4.98 Å². The van der Waals surface area contributed by atoms with Crippen LogP contribution in [0.5, 0.6) is 0 Å². The fourth-order valence-corrected chi connectivity index (χ4v) is 2.83. The van der Waals surface area contributed by atoms with E-state index in [1.807, 2.05) is 30.3 Å². The lowest BCUT2D eigenvalue weighted by Crippen LogP contribution is -2.21. The second-order valence-electron chi connectivity index (χ2n) is 6.07. The minimum atomic E-state index is -4.65. The molecule has 0 aliphatic rings. The van der Waals surface area contributed by atoms with Crippen LogP contribution >= 0.6 is 0 Å². The van der Waals surface area contributed by atoms with E-state index >= 15 is 0 Å². The largest absolute Gasteiger partial charge is 0.417 e. The van der Waals surface area contributed by atoms with Crippen molar-refractivity contribution in [2.75, 3.05) is 11.9 Å². The molecule has 0 spiro atoms. The number of rotatable bonds is 4. The first-order valence-corrected chi connectivity index (χ1v) is 8.23. The van der Waals surface area contributed by atoms with E-state index in [4.69, 9.17) is 0 Å². The van der Waals surface area contributed by atoms with Crippen LogP contribution in [-0.2, 0) is 12.7 Å². The summed E-state index contributed by atoms with van der Waals surface area (Å²) in [6.07, 6.45) is -4.65. The Kier molecular flexibility index (Phi) is 5.13. The van der Waals surface area contributed by atoms with Gasteiger partial charge >= 0.3 is 6.18 Å². The molecular formula is C21H16F3N3. The molecule has 3 rings (SSSR count). The van der Waals surface area contributed by atoms with Crippen LogP contribution in [0.2, 0.25) is 0 Å². The van der Waals surface area contributed by atoms with Gasteiger partial charge in [-0.15, -0.1) is 0 Å². The van der Waals surface area contributed by atoms with Gasteiger partial charge < -0.3 is 4.90 Å². The molecule has 136 valence electrons. The number of halogens is 3. The second-order valence-corrected chi connectivity index (χ2v) is 6.07. The van der Waals surface area contributed by atoms with Gasteiger partial charge in [0.05, 0.1) is 11.3 Å². The molecule has 0 aliphatic carbocycles. The first kappa shape index (κ1) is 18.5. The zero-order valence-electron chi connectivity index (χ0n) is 14.5. The SMILES string of the molecule is CN(Cc1ccccc1)c1nc(-c2ccccc2)cc(C(F)(F)F)c1C#N. The molecule has 0 bridgehead atoms. The third kappa shape index (κ3) is 4.09. The maximum absolute atomic E-state index is 13.6. The monoisotopic (exact) mass is 367 g/mol. The maximum Gasteiger partial charge on any atom is 0.417 e. The fourth-order valence-electron chi connectivity index (χ4n) is 2.83. The molecule has 1 aromatic heterocycles. The summed E-state index contributed by atoms with van der Waals surface area (Å²) in [6, 6.07) is 20.6. The molecule has 0 aliphatic heterocycles. The number of benzene rings is 2. The van der Waals surface area contributed by atoms with Crippen LogP contribution in [0, 0.1) is 11.3 Å². The zero-order chi connectivity index (χ0) is 19.4. The molecule has 3 aromatic rings. The summed E-state index contributed by atoms with van der Waals surface area (Å²) < 4.78 is 40.8. The molecule has 1 heterocycles. The van der Waals surface area contributed by atoms with Crippen LogP contribution in [0.4, 0.5) is 19.0 Å². The van der Waals surface area contributed by atoms with Gasteiger partial charge in [-0.1, -0.05) is 60.7 Å². The van der Waals surface area contributed by atoms with Crippen molar-refractivity contribution in [3.05, 3.63) is 83.4 Å². The van der Waals surface area contributed by atoms with E-state index < -0.39 is 17.3 Å². The highest BCUT2D eigenvalue weighted by molar-refractivity contribution is 5.68. The summed E-state index contributed by atoms with van der Waals surface area (Å²) in [5, 5.41) is 9.42. The maximum atomic E-state index is 13.6. The summed E-state index contributed by atoms with van der Waals surface area (Å²) >= 11 is 0. The van der Waals surface area contributed by atoms with Gasteiger partial charge in [0.25, 0.3) is 0 Å². The van der Waals surface area contributed by atoms with E-state index in [9.17, 15) is 18.4 Å². The van der Waals surface area contributed by atoms with Crippen molar-refractivity contribution in [3.8, 4) is 17.3 Å². The van der Waals surface area contributed by atoms with Gasteiger partial charge in [0.1, 0.15) is 17.5 Å². The van der Waals surface area contributed by atoms with E-state index in [0.29, 0.717) is 12.1 Å². The Morgan fingerprint density at radius 2 is 1.59 bits per heavy atom. The van der Waals surface area contributed by atoms with Crippen molar-refractivity contribution < 1.29 is 13.2 Å². The van der Waals surface area contributed by atoms with Gasteiger partial charge in [-0.3, -0.25) is 0 Å². The molecule has 0 atom stereocenters. The molecule has 0 unspecified atom stereocenters. The average molecular weight is 367 g/mol. The first-order valence-electron chi connectivity index (χ1n) is 8.23. The van der Waals surface area contributed by atoms with E-state index in [1.165, 1.54) is 0 Å². The lowest BCUT2D eigenvalue weighted by Gasteiger charge is -2.22. The number of nitriles is 1. The van der Waals surface area contributed by atoms with Crippen molar-refractivity contribution >= 4 is 5.82 Å². The number of anilines is 1. The summed E-state index contributed by atoms with van der Waals surface area (Å²) in [5.41, 5.74) is 0.192. The van der Waals surface area contributed by atoms with Gasteiger partial charge in [0.2, 0.25) is 0 Å². The van der Waals surface area contributed by atoms with Gasteiger partial charge in [0, 0.05) is 19.2 Å². The predicted molar refractivity (Wildman–Crippen MR) is 97.9 cm³/mol. The number of hydrogen-bond acceptors (Lipinski definition) is 3. The Morgan fingerprint density at radius 1 is 1.00 bits per heavy atom. The Hall–Kier alpha value is -3.33. The summed E-state index contributed by atoms with van der Waals surface area (Å²) in [5.74, 6) is 0.00929. The molecule has 0 N–H and O–H groups in total. The van der Waals surface area contributed by atoms with Crippen molar-refractivity contribution in [2.24, 2.45) is 0 Å². The minimum absolute atomic E-state index is 0.00929. The Labute approximate surface area is 155 Å². The zero-order valence-corrected chi connectivity index (χ0v) is 14.5. The van der Waals surface area contributed by atoms with Crippen LogP contribution < -0.4 is 4.90 Å². The van der Waals surface area contributed by atoms with Crippen LogP contribution in [0.25, 0.3) is 11.3 Å². The summed E-state index contributed by atoms with van der Waals surface area (Å²) in [7, 11) is 1.63. The second kappa shape index (κ2) is 7.50. The van der Waals surface area contributed by atoms with Crippen LogP contribution in [0.3, 0.4) is 0 Å². The quantitative estimate of drug-likeness (QED) is 0.630. The number of aromatic nitrogens is 1. The Morgan fingerprint density at radius 3 is 2.15 bits per heavy atom. The molecule has 27 heavy (non-hydrogen) atoms. The predicted octanol–water partition coefficient (Wildman–Crippen LogP) is 5.28. The number of nitrogens with zero attached hydrogens (tertiary/aromatic N) is 3. The Balaban J connectivity index is 2.14. The third-order valence-electron chi connectivity index (χ3n) is 4.11. The molecule has 0 saturated carbocycles. The lowest BCUT2D eigenvalue weighted by molar-refractivity contribution is -0.137. The van der Waals surface area contributed by atoms with Gasteiger partial charge in [-0.05, 0) is 11.6 Å². The molecule has 0 amide bonds. The smallest absolute Gasteiger partial charge is 0.354 e. The van der Waals surface area contributed by atoms with E-state index in [0.717, 1.165) is 11.6 Å². The third-order valence-corrected chi connectivity index (χ3v) is 4.11. The fraction of sp³-hybridized carbons (Fsp3) is 0.143. The molecule has 0 saturated heterocycles. The van der Waals surface area contributed by atoms with Gasteiger partial charge in [-0.25, -0.2) is 4.98 Å². The van der Waals surface area contributed by atoms with E-state index in [2.05, 4.69) is 4.98 Å². The van der Waals surface area contributed by atoms with Gasteiger partial charge in [0.15, 0.2) is 0 Å². The van der Waals surface area contributed by atoms with E-state index in [1.54, 1.807) is 48.3 Å². The molecule has 3 nitrogen and oxygen atoms in total. The van der Waals surface area contributed by atoms with Crippen molar-refractivity contribution in [3.63, 3.8) is 0 Å². The van der Waals surface area contributed by atoms with E-state index in [-0.39, 0.29) is 11.5 Å². The minimum Gasteiger partial charge on any atom is -0.354 e.